The molecule has 0 aliphatic rings. The van der Waals surface area contributed by atoms with Gasteiger partial charge in [-0.3, -0.25) is 4.72 Å². The normalized spacial score (nSPS) is 11.1. The van der Waals surface area contributed by atoms with Crippen LogP contribution in [0.25, 0.3) is 0 Å². The van der Waals surface area contributed by atoms with Gasteiger partial charge in [0.15, 0.2) is 0 Å². The summed E-state index contributed by atoms with van der Waals surface area (Å²) in [6, 6.07) is 11.7. The van der Waals surface area contributed by atoms with Crippen LogP contribution in [-0.2, 0) is 10.0 Å². The van der Waals surface area contributed by atoms with E-state index in [1.807, 2.05) is 6.92 Å². The van der Waals surface area contributed by atoms with Crippen molar-refractivity contribution in [3.63, 3.8) is 0 Å². The molecule has 4 nitrogen and oxygen atoms in total. The Kier molecular flexibility index (Phi) is 4.65. The van der Waals surface area contributed by atoms with Crippen LogP contribution in [0.15, 0.2) is 51.8 Å². The van der Waals surface area contributed by atoms with Gasteiger partial charge >= 0.3 is 0 Å². The van der Waals surface area contributed by atoms with E-state index in [2.05, 4.69) is 20.7 Å². The Morgan fingerprint density at radius 3 is 2.57 bits per heavy atom. The lowest BCUT2D eigenvalue weighted by Gasteiger charge is -2.12. The molecule has 0 heterocycles. The first-order valence-electron chi connectivity index (χ1n) is 5.98. The Morgan fingerprint density at radius 1 is 1.24 bits per heavy atom. The third-order valence-electron chi connectivity index (χ3n) is 2.87. The average molecular weight is 385 g/mol. The predicted molar refractivity (Wildman–Crippen MR) is 92.0 cm³/mol. The van der Waals surface area contributed by atoms with Gasteiger partial charge in [0.1, 0.15) is 4.99 Å². The molecule has 0 spiro atoms. The molecule has 0 saturated carbocycles. The summed E-state index contributed by atoms with van der Waals surface area (Å²) in [4.78, 5) is 0.398. The van der Waals surface area contributed by atoms with E-state index in [1.165, 1.54) is 12.1 Å². The highest BCUT2D eigenvalue weighted by molar-refractivity contribution is 9.10. The first kappa shape index (κ1) is 15.9. The van der Waals surface area contributed by atoms with Crippen LogP contribution < -0.4 is 10.5 Å². The van der Waals surface area contributed by atoms with Crippen LogP contribution in [0.3, 0.4) is 0 Å². The minimum Gasteiger partial charge on any atom is -0.389 e. The maximum Gasteiger partial charge on any atom is 0.261 e. The van der Waals surface area contributed by atoms with E-state index in [0.717, 1.165) is 5.56 Å². The molecular formula is C14H13BrN2O2S2. The minimum atomic E-state index is -3.66. The summed E-state index contributed by atoms with van der Waals surface area (Å²) in [6.45, 7) is 1.81. The van der Waals surface area contributed by atoms with E-state index < -0.39 is 10.0 Å². The summed E-state index contributed by atoms with van der Waals surface area (Å²) in [5.41, 5.74) is 7.43. The third-order valence-corrected chi connectivity index (χ3v) is 4.96. The summed E-state index contributed by atoms with van der Waals surface area (Å²) in [7, 11) is -3.66. The number of benzene rings is 2. The van der Waals surface area contributed by atoms with Gasteiger partial charge in [0.25, 0.3) is 10.0 Å². The van der Waals surface area contributed by atoms with Crippen molar-refractivity contribution in [3.05, 3.63) is 58.1 Å². The second-order valence-corrected chi connectivity index (χ2v) is 7.49. The number of nitrogens with one attached hydrogen (secondary N) is 1. The Hall–Kier alpha value is -1.44. The molecule has 2 aromatic carbocycles. The Morgan fingerprint density at radius 2 is 1.95 bits per heavy atom. The molecule has 0 amide bonds. The molecule has 0 bridgehead atoms. The molecule has 2 aromatic rings. The van der Waals surface area contributed by atoms with Crippen molar-refractivity contribution < 1.29 is 8.42 Å². The number of halogens is 1. The number of thiocarbonyl (C=S) groups is 1. The largest absolute Gasteiger partial charge is 0.389 e. The SMILES string of the molecule is Cc1ccc(C(N)=S)cc1NS(=O)(=O)c1cccc(Br)c1. The summed E-state index contributed by atoms with van der Waals surface area (Å²) in [6.07, 6.45) is 0. The molecule has 0 fully saturated rings. The van der Waals surface area contributed by atoms with Crippen LogP contribution in [-0.4, -0.2) is 13.4 Å². The van der Waals surface area contributed by atoms with Crippen molar-refractivity contribution in [2.75, 3.05) is 4.72 Å². The fourth-order valence-corrected chi connectivity index (χ4v) is 3.57. The lowest BCUT2D eigenvalue weighted by atomic mass is 10.1. The van der Waals surface area contributed by atoms with Crippen molar-refractivity contribution in [2.45, 2.75) is 11.8 Å². The molecule has 0 aromatic heterocycles. The van der Waals surface area contributed by atoms with E-state index in [0.29, 0.717) is 15.7 Å². The second kappa shape index (κ2) is 6.13. The van der Waals surface area contributed by atoms with Gasteiger partial charge in [-0.25, -0.2) is 8.42 Å². The highest BCUT2D eigenvalue weighted by atomic mass is 79.9. The van der Waals surface area contributed by atoms with Gasteiger partial charge in [-0.1, -0.05) is 46.3 Å². The summed E-state index contributed by atoms with van der Waals surface area (Å²) in [5, 5.41) is 0. The highest BCUT2D eigenvalue weighted by Crippen LogP contribution is 2.23. The molecule has 0 aliphatic carbocycles. The Labute approximate surface area is 137 Å². The van der Waals surface area contributed by atoms with Crippen LogP contribution >= 0.6 is 28.1 Å². The number of hydrogen-bond donors (Lipinski definition) is 2. The van der Waals surface area contributed by atoms with Crippen molar-refractivity contribution in [1.82, 2.24) is 0 Å². The van der Waals surface area contributed by atoms with E-state index in [4.69, 9.17) is 18.0 Å². The maximum absolute atomic E-state index is 12.4. The van der Waals surface area contributed by atoms with E-state index in [-0.39, 0.29) is 9.88 Å². The highest BCUT2D eigenvalue weighted by Gasteiger charge is 2.16. The number of aryl methyl sites for hydroxylation is 1. The second-order valence-electron chi connectivity index (χ2n) is 4.46. The monoisotopic (exact) mass is 384 g/mol. The molecule has 0 saturated heterocycles. The van der Waals surface area contributed by atoms with Crippen LogP contribution in [0.4, 0.5) is 5.69 Å². The van der Waals surface area contributed by atoms with E-state index >= 15 is 0 Å². The molecule has 0 radical (unpaired) electrons. The lowest BCUT2D eigenvalue weighted by Crippen LogP contribution is -2.15. The third kappa shape index (κ3) is 3.81. The first-order chi connectivity index (χ1) is 9.79. The average Bonchev–Trinajstić information content (AvgIpc) is 2.41. The molecule has 7 heteroatoms. The number of rotatable bonds is 4. The predicted octanol–water partition coefficient (Wildman–Crippen LogP) is 3.19. The van der Waals surface area contributed by atoms with Crippen molar-refractivity contribution in [1.29, 1.82) is 0 Å². The van der Waals surface area contributed by atoms with Crippen LogP contribution in [0.1, 0.15) is 11.1 Å². The zero-order valence-corrected chi connectivity index (χ0v) is 14.3. The standard InChI is InChI=1S/C14H13BrN2O2S2/c1-9-5-6-10(14(16)20)7-13(9)17-21(18,19)12-4-2-3-11(15)8-12/h2-8,17H,1H3,(H2,16,20). The van der Waals surface area contributed by atoms with Gasteiger partial charge in [-0.2, -0.15) is 0 Å². The molecule has 3 N–H and O–H groups in total. The van der Waals surface area contributed by atoms with Crippen LogP contribution in [0, 0.1) is 6.92 Å². The van der Waals surface area contributed by atoms with Gasteiger partial charge in [-0.15, -0.1) is 0 Å². The Balaban J connectivity index is 2.41. The molecule has 0 aliphatic heterocycles. The van der Waals surface area contributed by atoms with Crippen molar-refractivity contribution in [2.24, 2.45) is 5.73 Å². The molecule has 0 unspecified atom stereocenters. The van der Waals surface area contributed by atoms with Gasteiger partial charge in [-0.05, 0) is 36.8 Å². The number of hydrogen-bond acceptors (Lipinski definition) is 3. The number of nitrogens with two attached hydrogens (primary N) is 1. The molecule has 110 valence electrons. The van der Waals surface area contributed by atoms with E-state index in [9.17, 15) is 8.42 Å². The van der Waals surface area contributed by atoms with E-state index in [1.54, 1.807) is 30.3 Å². The van der Waals surface area contributed by atoms with Crippen LogP contribution in [0.2, 0.25) is 0 Å². The molecule has 2 rings (SSSR count). The van der Waals surface area contributed by atoms with Crippen molar-refractivity contribution in [3.8, 4) is 0 Å². The molecule has 0 atom stereocenters. The molecule has 21 heavy (non-hydrogen) atoms. The molecular weight excluding hydrogens is 372 g/mol. The smallest absolute Gasteiger partial charge is 0.261 e. The van der Waals surface area contributed by atoms with Gasteiger partial charge in [0, 0.05) is 10.0 Å². The quantitative estimate of drug-likeness (QED) is 0.793. The zero-order chi connectivity index (χ0) is 15.6. The number of sulfonamides is 1. The first-order valence-corrected chi connectivity index (χ1v) is 8.67. The van der Waals surface area contributed by atoms with Crippen LogP contribution in [0.5, 0.6) is 0 Å². The zero-order valence-electron chi connectivity index (χ0n) is 11.1. The topological polar surface area (TPSA) is 72.2 Å². The Bertz CT molecular complexity index is 804. The van der Waals surface area contributed by atoms with Gasteiger partial charge in [0.2, 0.25) is 0 Å². The van der Waals surface area contributed by atoms with Crippen molar-refractivity contribution >= 4 is 48.8 Å². The summed E-state index contributed by atoms with van der Waals surface area (Å²) < 4.78 is 28.0. The number of anilines is 1. The minimum absolute atomic E-state index is 0.178. The fraction of sp³-hybridized carbons (Fsp3) is 0.0714. The maximum atomic E-state index is 12.4. The van der Waals surface area contributed by atoms with Gasteiger partial charge in [0.05, 0.1) is 10.6 Å². The summed E-state index contributed by atoms with van der Waals surface area (Å²) in [5.74, 6) is 0. The van der Waals surface area contributed by atoms with Gasteiger partial charge < -0.3 is 5.73 Å². The summed E-state index contributed by atoms with van der Waals surface area (Å²) >= 11 is 8.17. The fourth-order valence-electron chi connectivity index (χ4n) is 1.72. The lowest BCUT2D eigenvalue weighted by molar-refractivity contribution is 0.601.